The van der Waals surface area contributed by atoms with E-state index in [9.17, 15) is 4.79 Å². The monoisotopic (exact) mass is 356 g/mol. The first-order chi connectivity index (χ1) is 12.6. The lowest BCUT2D eigenvalue weighted by Gasteiger charge is -2.30. The zero-order valence-electron chi connectivity index (χ0n) is 16.2. The van der Waals surface area contributed by atoms with Crippen LogP contribution in [0.3, 0.4) is 0 Å². The van der Waals surface area contributed by atoms with Gasteiger partial charge in [-0.2, -0.15) is 0 Å². The molecular formula is C22H32N2O2. The smallest absolute Gasteiger partial charge is 0.227 e. The van der Waals surface area contributed by atoms with Crippen molar-refractivity contribution in [2.75, 3.05) is 46.4 Å². The number of ether oxygens (including phenoxy) is 1. The topological polar surface area (TPSA) is 32.8 Å². The van der Waals surface area contributed by atoms with E-state index in [0.29, 0.717) is 12.3 Å². The molecule has 3 fully saturated rings. The Bertz CT molecular complexity index is 657. The first-order valence-corrected chi connectivity index (χ1v) is 10.1. The Morgan fingerprint density at radius 1 is 1.23 bits per heavy atom. The number of carbonyl (C=O) groups excluding carboxylic acids is 1. The molecule has 0 radical (unpaired) electrons. The fourth-order valence-corrected chi connectivity index (χ4v) is 4.85. The van der Waals surface area contributed by atoms with Gasteiger partial charge in [-0.25, -0.2) is 0 Å². The van der Waals surface area contributed by atoms with Crippen LogP contribution in [0.25, 0.3) is 0 Å². The van der Waals surface area contributed by atoms with Crippen LogP contribution in [0.1, 0.15) is 30.4 Å². The molecule has 2 heterocycles. The average Bonchev–Trinajstić information content (AvgIpc) is 3.26. The second kappa shape index (κ2) is 7.32. The van der Waals surface area contributed by atoms with Gasteiger partial charge in [-0.3, -0.25) is 4.79 Å². The van der Waals surface area contributed by atoms with Crippen molar-refractivity contribution < 1.29 is 9.53 Å². The van der Waals surface area contributed by atoms with Crippen molar-refractivity contribution in [3.05, 3.63) is 35.4 Å². The van der Waals surface area contributed by atoms with Gasteiger partial charge in [0.2, 0.25) is 5.91 Å². The summed E-state index contributed by atoms with van der Waals surface area (Å²) in [5, 5.41) is 0. The summed E-state index contributed by atoms with van der Waals surface area (Å²) in [5.74, 6) is 1.66. The van der Waals surface area contributed by atoms with Gasteiger partial charge in [-0.05, 0) is 50.3 Å². The lowest BCUT2D eigenvalue weighted by Crippen LogP contribution is -2.38. The van der Waals surface area contributed by atoms with Gasteiger partial charge in [0.25, 0.3) is 0 Å². The third-order valence-electron chi connectivity index (χ3n) is 6.69. The third kappa shape index (κ3) is 3.81. The molecule has 0 aromatic heterocycles. The lowest BCUT2D eigenvalue weighted by atomic mass is 9.77. The Morgan fingerprint density at radius 2 is 2.04 bits per heavy atom. The maximum Gasteiger partial charge on any atom is 0.227 e. The fraction of sp³-hybridized carbons (Fsp3) is 0.682. The van der Waals surface area contributed by atoms with Crippen molar-refractivity contribution in [2.45, 2.75) is 32.6 Å². The summed E-state index contributed by atoms with van der Waals surface area (Å²) in [4.78, 5) is 17.4. The van der Waals surface area contributed by atoms with Crippen LogP contribution in [0.5, 0.6) is 0 Å². The maximum atomic E-state index is 12.9. The molecule has 1 spiro atoms. The fourth-order valence-electron chi connectivity index (χ4n) is 4.85. The summed E-state index contributed by atoms with van der Waals surface area (Å²) in [5.41, 5.74) is 2.60. The van der Waals surface area contributed by atoms with Crippen molar-refractivity contribution in [1.82, 2.24) is 9.80 Å². The van der Waals surface area contributed by atoms with Gasteiger partial charge < -0.3 is 14.5 Å². The standard InChI is InChI=1S/C22H32N2O2/c1-17-5-3-4-6-19(17)11-21(25)24-10-9-22(16-24)15-23(2)12-20(22)14-26-13-18-7-8-18/h3-6,18,20H,7-16H2,1-2H3/t20-,22-/m0/s1. The average molecular weight is 357 g/mol. The van der Waals surface area contributed by atoms with Crippen molar-refractivity contribution in [3.8, 4) is 0 Å². The van der Waals surface area contributed by atoms with E-state index in [4.69, 9.17) is 4.74 Å². The number of aryl methyl sites for hydroxylation is 1. The Morgan fingerprint density at radius 3 is 2.81 bits per heavy atom. The molecule has 1 saturated carbocycles. The van der Waals surface area contributed by atoms with Crippen LogP contribution in [0.15, 0.2) is 24.3 Å². The zero-order valence-corrected chi connectivity index (χ0v) is 16.2. The Balaban J connectivity index is 1.37. The molecule has 1 aromatic rings. The largest absolute Gasteiger partial charge is 0.381 e. The molecule has 4 heteroatoms. The molecule has 0 bridgehead atoms. The highest BCUT2D eigenvalue weighted by Crippen LogP contribution is 2.44. The molecule has 2 saturated heterocycles. The van der Waals surface area contributed by atoms with Crippen molar-refractivity contribution in [2.24, 2.45) is 17.3 Å². The van der Waals surface area contributed by atoms with Gasteiger partial charge >= 0.3 is 0 Å². The molecule has 2 aliphatic heterocycles. The van der Waals surface area contributed by atoms with Gasteiger partial charge in [-0.15, -0.1) is 0 Å². The molecule has 4 rings (SSSR count). The van der Waals surface area contributed by atoms with E-state index in [0.717, 1.165) is 57.3 Å². The van der Waals surface area contributed by atoms with E-state index in [1.54, 1.807) is 0 Å². The van der Waals surface area contributed by atoms with Crippen LogP contribution >= 0.6 is 0 Å². The number of rotatable bonds is 6. The molecule has 4 nitrogen and oxygen atoms in total. The van der Waals surface area contributed by atoms with Crippen LogP contribution in [0.2, 0.25) is 0 Å². The molecular weight excluding hydrogens is 324 g/mol. The molecule has 3 aliphatic rings. The molecule has 1 aliphatic carbocycles. The summed E-state index contributed by atoms with van der Waals surface area (Å²) in [6, 6.07) is 8.24. The third-order valence-corrected chi connectivity index (χ3v) is 6.69. The summed E-state index contributed by atoms with van der Waals surface area (Å²) in [6.07, 6.45) is 4.34. The minimum atomic E-state index is 0.236. The summed E-state index contributed by atoms with van der Waals surface area (Å²) in [7, 11) is 2.21. The summed E-state index contributed by atoms with van der Waals surface area (Å²) < 4.78 is 6.05. The number of carbonyl (C=O) groups is 1. The van der Waals surface area contributed by atoms with E-state index in [1.807, 2.05) is 12.1 Å². The molecule has 1 amide bonds. The minimum Gasteiger partial charge on any atom is -0.381 e. The van der Waals surface area contributed by atoms with Crippen LogP contribution in [-0.2, 0) is 16.0 Å². The Hall–Kier alpha value is -1.39. The quantitative estimate of drug-likeness (QED) is 0.786. The van der Waals surface area contributed by atoms with Gasteiger partial charge in [0.15, 0.2) is 0 Å². The van der Waals surface area contributed by atoms with Crippen molar-refractivity contribution >= 4 is 5.91 Å². The number of amides is 1. The van der Waals surface area contributed by atoms with Crippen LogP contribution < -0.4 is 0 Å². The summed E-state index contributed by atoms with van der Waals surface area (Å²) >= 11 is 0. The summed E-state index contributed by atoms with van der Waals surface area (Å²) in [6.45, 7) is 7.89. The Labute approximate surface area is 157 Å². The maximum absolute atomic E-state index is 12.9. The molecule has 142 valence electrons. The predicted octanol–water partition coefficient (Wildman–Crippen LogP) is 2.74. The van der Waals surface area contributed by atoms with Gasteiger partial charge in [0.05, 0.1) is 13.0 Å². The van der Waals surface area contributed by atoms with E-state index < -0.39 is 0 Å². The SMILES string of the molecule is Cc1ccccc1CC(=O)N1CC[C@]2(CN(C)C[C@H]2COCC2CC2)C1. The number of hydrogen-bond donors (Lipinski definition) is 0. The van der Waals surface area contributed by atoms with E-state index in [1.165, 1.54) is 18.4 Å². The lowest BCUT2D eigenvalue weighted by molar-refractivity contribution is -0.130. The first-order valence-electron chi connectivity index (χ1n) is 10.1. The zero-order chi connectivity index (χ0) is 18.1. The molecule has 26 heavy (non-hydrogen) atoms. The van der Waals surface area contributed by atoms with E-state index in [-0.39, 0.29) is 11.3 Å². The highest BCUT2D eigenvalue weighted by Gasteiger charge is 2.50. The van der Waals surface area contributed by atoms with Gasteiger partial charge in [0.1, 0.15) is 0 Å². The van der Waals surface area contributed by atoms with Crippen LogP contribution in [0, 0.1) is 24.2 Å². The number of benzene rings is 1. The van der Waals surface area contributed by atoms with Crippen molar-refractivity contribution in [1.29, 1.82) is 0 Å². The number of nitrogens with zero attached hydrogens (tertiary/aromatic N) is 2. The van der Waals surface area contributed by atoms with E-state index in [2.05, 4.69) is 35.9 Å². The Kier molecular flexibility index (Phi) is 5.07. The normalized spacial score (nSPS) is 29.0. The molecule has 0 unspecified atom stereocenters. The molecule has 2 atom stereocenters. The second-order valence-electron chi connectivity index (χ2n) is 8.91. The highest BCUT2D eigenvalue weighted by molar-refractivity contribution is 5.79. The van der Waals surface area contributed by atoms with Crippen LogP contribution in [0.4, 0.5) is 0 Å². The predicted molar refractivity (Wildman–Crippen MR) is 103 cm³/mol. The van der Waals surface area contributed by atoms with Crippen LogP contribution in [-0.4, -0.2) is 62.1 Å². The van der Waals surface area contributed by atoms with Gasteiger partial charge in [-0.1, -0.05) is 24.3 Å². The number of likely N-dealkylation sites (tertiary alicyclic amines) is 2. The van der Waals surface area contributed by atoms with Crippen molar-refractivity contribution in [3.63, 3.8) is 0 Å². The minimum absolute atomic E-state index is 0.236. The number of hydrogen-bond acceptors (Lipinski definition) is 3. The second-order valence-corrected chi connectivity index (χ2v) is 8.91. The van der Waals surface area contributed by atoms with E-state index >= 15 is 0 Å². The molecule has 1 aromatic carbocycles. The first kappa shape index (κ1) is 18.0. The molecule has 0 N–H and O–H groups in total. The highest BCUT2D eigenvalue weighted by atomic mass is 16.5. The van der Waals surface area contributed by atoms with Gasteiger partial charge in [0, 0.05) is 44.1 Å².